The van der Waals surface area contributed by atoms with E-state index in [4.69, 9.17) is 11.2 Å². The summed E-state index contributed by atoms with van der Waals surface area (Å²) in [7, 11) is 0. The van der Waals surface area contributed by atoms with E-state index in [-0.39, 0.29) is 5.92 Å². The van der Waals surface area contributed by atoms with Crippen LogP contribution in [0.3, 0.4) is 0 Å². The Bertz CT molecular complexity index is 377. The summed E-state index contributed by atoms with van der Waals surface area (Å²) >= 11 is 0. The Hall–Kier alpha value is -1.70. The normalized spacial score (nSPS) is 23.6. The van der Waals surface area contributed by atoms with Crippen molar-refractivity contribution in [1.82, 2.24) is 4.90 Å². The lowest BCUT2D eigenvalue weighted by Crippen LogP contribution is -2.48. The van der Waals surface area contributed by atoms with Crippen molar-refractivity contribution < 1.29 is 19.4 Å². The molecule has 1 aliphatic heterocycles. The molecule has 100 valence electrons. The van der Waals surface area contributed by atoms with Gasteiger partial charge in [-0.1, -0.05) is 0 Å². The van der Waals surface area contributed by atoms with E-state index in [0.717, 1.165) is 0 Å². The summed E-state index contributed by atoms with van der Waals surface area (Å²) in [5, 5.41) is 11.0. The molecule has 1 amide bonds. The van der Waals surface area contributed by atoms with Gasteiger partial charge in [-0.3, -0.25) is 4.90 Å². The SMILES string of the molecule is C#CC[C@@H]1C[C@@H](C(=O)[O-])N(C(=O)OC(C)(C)C)C1. The molecule has 1 saturated heterocycles. The predicted octanol–water partition coefficient (Wildman–Crippen LogP) is 0.385. The molecule has 0 saturated carbocycles. The average Bonchev–Trinajstić information content (AvgIpc) is 2.59. The number of carbonyl (C=O) groups is 2. The summed E-state index contributed by atoms with van der Waals surface area (Å²) in [6.45, 7) is 5.49. The van der Waals surface area contributed by atoms with Crippen molar-refractivity contribution in [2.75, 3.05) is 6.54 Å². The van der Waals surface area contributed by atoms with E-state index < -0.39 is 23.7 Å². The first kappa shape index (κ1) is 14.4. The summed E-state index contributed by atoms with van der Waals surface area (Å²) in [4.78, 5) is 24.1. The van der Waals surface area contributed by atoms with Gasteiger partial charge in [0.1, 0.15) is 5.60 Å². The predicted molar refractivity (Wildman–Crippen MR) is 63.3 cm³/mol. The highest BCUT2D eigenvalue weighted by molar-refractivity contribution is 5.79. The second-order valence-corrected chi connectivity index (χ2v) is 5.48. The zero-order valence-electron chi connectivity index (χ0n) is 10.9. The zero-order chi connectivity index (χ0) is 13.9. The highest BCUT2D eigenvalue weighted by Gasteiger charge is 2.37. The van der Waals surface area contributed by atoms with E-state index in [1.807, 2.05) is 0 Å². The first-order valence-electron chi connectivity index (χ1n) is 5.88. The van der Waals surface area contributed by atoms with Crippen LogP contribution in [0.15, 0.2) is 0 Å². The minimum atomic E-state index is -1.26. The van der Waals surface area contributed by atoms with Crippen LogP contribution in [0.1, 0.15) is 33.6 Å². The molecule has 5 nitrogen and oxygen atoms in total. The molecular formula is C13H18NO4-. The van der Waals surface area contributed by atoms with Gasteiger partial charge in [0.15, 0.2) is 0 Å². The van der Waals surface area contributed by atoms with Crippen LogP contribution in [-0.2, 0) is 9.53 Å². The molecule has 0 unspecified atom stereocenters. The Balaban J connectivity index is 2.76. The number of amides is 1. The molecule has 0 radical (unpaired) electrons. The number of terminal acetylenes is 1. The smallest absolute Gasteiger partial charge is 0.410 e. The lowest BCUT2D eigenvalue weighted by molar-refractivity contribution is -0.310. The van der Waals surface area contributed by atoms with Gasteiger partial charge in [0.2, 0.25) is 0 Å². The summed E-state index contributed by atoms with van der Waals surface area (Å²) in [6, 6.07) is -0.946. The number of likely N-dealkylation sites (tertiary alicyclic amines) is 1. The Morgan fingerprint density at radius 3 is 2.56 bits per heavy atom. The molecule has 0 aromatic carbocycles. The maximum Gasteiger partial charge on any atom is 0.410 e. The quantitative estimate of drug-likeness (QED) is 0.666. The number of aliphatic carboxylic acids is 1. The van der Waals surface area contributed by atoms with Crippen molar-refractivity contribution in [3.63, 3.8) is 0 Å². The second kappa shape index (κ2) is 5.30. The van der Waals surface area contributed by atoms with Gasteiger partial charge in [-0.25, -0.2) is 4.79 Å². The van der Waals surface area contributed by atoms with Crippen molar-refractivity contribution >= 4 is 12.1 Å². The number of carboxylic acid groups (broad SMARTS) is 1. The number of carboxylic acids is 1. The van der Waals surface area contributed by atoms with Gasteiger partial charge in [0, 0.05) is 13.0 Å². The van der Waals surface area contributed by atoms with E-state index >= 15 is 0 Å². The maximum atomic E-state index is 11.9. The fourth-order valence-electron chi connectivity index (χ4n) is 1.98. The lowest BCUT2D eigenvalue weighted by Gasteiger charge is -2.28. The van der Waals surface area contributed by atoms with Gasteiger partial charge in [-0.2, -0.15) is 0 Å². The number of nitrogens with zero attached hydrogens (tertiary/aromatic N) is 1. The fourth-order valence-corrected chi connectivity index (χ4v) is 1.98. The maximum absolute atomic E-state index is 11.9. The Morgan fingerprint density at radius 2 is 2.11 bits per heavy atom. The number of hydrogen-bond donors (Lipinski definition) is 0. The third kappa shape index (κ3) is 3.66. The molecule has 18 heavy (non-hydrogen) atoms. The minimum absolute atomic E-state index is 0.00887. The van der Waals surface area contributed by atoms with Gasteiger partial charge in [-0.05, 0) is 33.1 Å². The molecule has 1 rings (SSSR count). The molecule has 1 fully saturated rings. The molecule has 5 heteroatoms. The monoisotopic (exact) mass is 252 g/mol. The third-order valence-corrected chi connectivity index (χ3v) is 2.69. The van der Waals surface area contributed by atoms with Crippen molar-refractivity contribution in [3.8, 4) is 12.3 Å². The summed E-state index contributed by atoms with van der Waals surface area (Å²) < 4.78 is 5.17. The van der Waals surface area contributed by atoms with Crippen LogP contribution in [0.25, 0.3) is 0 Å². The van der Waals surface area contributed by atoms with Crippen LogP contribution >= 0.6 is 0 Å². The van der Waals surface area contributed by atoms with Crippen LogP contribution < -0.4 is 5.11 Å². The number of hydrogen-bond acceptors (Lipinski definition) is 4. The number of ether oxygens (including phenoxy) is 1. The summed E-state index contributed by atoms with van der Waals surface area (Å²) in [6.07, 6.45) is 5.35. The zero-order valence-corrected chi connectivity index (χ0v) is 10.9. The van der Waals surface area contributed by atoms with Crippen LogP contribution in [-0.4, -0.2) is 35.2 Å². The second-order valence-electron chi connectivity index (χ2n) is 5.48. The van der Waals surface area contributed by atoms with Crippen molar-refractivity contribution in [3.05, 3.63) is 0 Å². The summed E-state index contributed by atoms with van der Waals surface area (Å²) in [5.41, 5.74) is -0.655. The Kier molecular flexibility index (Phi) is 4.23. The molecule has 0 aliphatic carbocycles. The van der Waals surface area contributed by atoms with E-state index in [2.05, 4.69) is 5.92 Å². The van der Waals surface area contributed by atoms with E-state index in [1.54, 1.807) is 20.8 Å². The third-order valence-electron chi connectivity index (χ3n) is 2.69. The molecule has 0 aromatic heterocycles. The van der Waals surface area contributed by atoms with Gasteiger partial charge >= 0.3 is 6.09 Å². The number of rotatable bonds is 2. The molecular weight excluding hydrogens is 234 g/mol. The first-order chi connectivity index (χ1) is 8.24. The van der Waals surface area contributed by atoms with Crippen LogP contribution in [0, 0.1) is 18.3 Å². The lowest BCUT2D eigenvalue weighted by atomic mass is 10.0. The average molecular weight is 252 g/mol. The van der Waals surface area contributed by atoms with Crippen LogP contribution in [0.2, 0.25) is 0 Å². The van der Waals surface area contributed by atoms with Crippen molar-refractivity contribution in [2.45, 2.75) is 45.3 Å². The highest BCUT2D eigenvalue weighted by atomic mass is 16.6. The highest BCUT2D eigenvalue weighted by Crippen LogP contribution is 2.27. The van der Waals surface area contributed by atoms with Gasteiger partial charge < -0.3 is 14.6 Å². The fraction of sp³-hybridized carbons (Fsp3) is 0.692. The molecule has 2 atom stereocenters. The van der Waals surface area contributed by atoms with Gasteiger partial charge in [-0.15, -0.1) is 12.3 Å². The standard InChI is InChI=1S/C13H19NO4/c1-5-6-9-7-10(11(15)16)14(8-9)12(17)18-13(2,3)4/h1,9-10H,6-8H2,2-4H3,(H,15,16)/p-1/t9-,10+/m1/s1. The van der Waals surface area contributed by atoms with E-state index in [0.29, 0.717) is 19.4 Å². The topological polar surface area (TPSA) is 69.7 Å². The Morgan fingerprint density at radius 1 is 1.50 bits per heavy atom. The molecule has 0 spiro atoms. The van der Waals surface area contributed by atoms with Crippen molar-refractivity contribution in [2.24, 2.45) is 5.92 Å². The van der Waals surface area contributed by atoms with Gasteiger partial charge in [0.25, 0.3) is 0 Å². The molecule has 1 heterocycles. The molecule has 0 aromatic rings. The van der Waals surface area contributed by atoms with Crippen LogP contribution in [0.5, 0.6) is 0 Å². The number of carbonyl (C=O) groups excluding carboxylic acids is 2. The Labute approximate surface area is 107 Å². The first-order valence-corrected chi connectivity index (χ1v) is 5.88. The van der Waals surface area contributed by atoms with E-state index in [9.17, 15) is 14.7 Å². The van der Waals surface area contributed by atoms with E-state index in [1.165, 1.54) is 4.90 Å². The molecule has 1 aliphatic rings. The van der Waals surface area contributed by atoms with Crippen molar-refractivity contribution in [1.29, 1.82) is 0 Å². The van der Waals surface area contributed by atoms with Gasteiger partial charge in [0.05, 0.1) is 12.0 Å². The molecule has 0 N–H and O–H groups in total. The minimum Gasteiger partial charge on any atom is -0.548 e. The molecule has 0 bridgehead atoms. The van der Waals surface area contributed by atoms with Crippen LogP contribution in [0.4, 0.5) is 4.79 Å². The largest absolute Gasteiger partial charge is 0.548 e. The summed E-state index contributed by atoms with van der Waals surface area (Å²) in [5.74, 6) is 1.21.